The van der Waals surface area contributed by atoms with Crippen molar-refractivity contribution in [3.63, 3.8) is 0 Å². The van der Waals surface area contributed by atoms with Gasteiger partial charge in [-0.05, 0) is 0 Å². The zero-order chi connectivity index (χ0) is 5.98. The average molecular weight is 115 g/mol. The molecule has 0 aromatic carbocycles. The van der Waals surface area contributed by atoms with E-state index >= 15 is 0 Å². The van der Waals surface area contributed by atoms with Gasteiger partial charge >= 0.3 is 5.97 Å². The summed E-state index contributed by atoms with van der Waals surface area (Å²) in [5.41, 5.74) is 0. The van der Waals surface area contributed by atoms with Crippen LogP contribution >= 0.6 is 0 Å². The average Bonchev–Trinajstić information content (AvgIpc) is 2.12. The van der Waals surface area contributed by atoms with Gasteiger partial charge in [-0.1, -0.05) is 0 Å². The number of hydrogen-bond donors (Lipinski definition) is 2. The van der Waals surface area contributed by atoms with Crippen molar-refractivity contribution in [2.45, 2.75) is 6.04 Å². The maximum atomic E-state index is 9.99. The standard InChI is InChI=1S/C4H7N2O2/c7-4(8)3-1-5-2-6-3/h3,5-6H,1-2H2. The lowest BCUT2D eigenvalue weighted by molar-refractivity contribution is -0.144. The van der Waals surface area contributed by atoms with Crippen LogP contribution in [0, 0.1) is 0 Å². The van der Waals surface area contributed by atoms with Crippen LogP contribution in [0.15, 0.2) is 0 Å². The first-order valence-corrected chi connectivity index (χ1v) is 2.45. The molecule has 1 unspecified atom stereocenters. The second-order valence-corrected chi connectivity index (χ2v) is 1.71. The molecule has 45 valence electrons. The van der Waals surface area contributed by atoms with E-state index in [1.54, 1.807) is 0 Å². The Morgan fingerprint density at radius 3 is 2.62 bits per heavy atom. The summed E-state index contributed by atoms with van der Waals surface area (Å²) in [5.74, 6) is -1.03. The lowest BCUT2D eigenvalue weighted by Gasteiger charge is -1.95. The van der Waals surface area contributed by atoms with Gasteiger partial charge in [-0.3, -0.25) is 5.32 Å². The molecule has 0 aromatic rings. The Labute approximate surface area is 46.9 Å². The van der Waals surface area contributed by atoms with Gasteiger partial charge in [-0.25, -0.2) is 9.90 Å². The Kier molecular flexibility index (Phi) is 1.45. The van der Waals surface area contributed by atoms with Gasteiger partial charge < -0.3 is 5.32 Å². The number of nitrogens with one attached hydrogen (secondary N) is 2. The van der Waals surface area contributed by atoms with Gasteiger partial charge in [0.05, 0.1) is 0 Å². The first-order valence-electron chi connectivity index (χ1n) is 2.45. The van der Waals surface area contributed by atoms with Crippen LogP contribution in [0.4, 0.5) is 0 Å². The molecule has 1 rings (SSSR count). The molecule has 1 aliphatic rings. The zero-order valence-electron chi connectivity index (χ0n) is 4.31. The Morgan fingerprint density at radius 2 is 2.38 bits per heavy atom. The molecule has 1 radical (unpaired) electrons. The Balaban J connectivity index is 2.35. The maximum Gasteiger partial charge on any atom is 0.373 e. The van der Waals surface area contributed by atoms with Gasteiger partial charge in [-0.2, -0.15) is 0 Å². The molecular weight excluding hydrogens is 108 g/mol. The van der Waals surface area contributed by atoms with Crippen molar-refractivity contribution >= 4 is 5.97 Å². The third-order valence-electron chi connectivity index (χ3n) is 1.11. The second kappa shape index (κ2) is 2.11. The fraction of sp³-hybridized carbons (Fsp3) is 0.750. The molecule has 4 heteroatoms. The minimum absolute atomic E-state index is 0.475. The van der Waals surface area contributed by atoms with Gasteiger partial charge in [-0.15, -0.1) is 0 Å². The van der Waals surface area contributed by atoms with E-state index < -0.39 is 12.0 Å². The fourth-order valence-corrected chi connectivity index (χ4v) is 0.651. The molecule has 8 heavy (non-hydrogen) atoms. The van der Waals surface area contributed by atoms with Crippen molar-refractivity contribution in [1.29, 1.82) is 0 Å². The molecule has 1 saturated heterocycles. The van der Waals surface area contributed by atoms with E-state index in [0.29, 0.717) is 13.2 Å². The minimum atomic E-state index is -1.03. The van der Waals surface area contributed by atoms with Gasteiger partial charge in [0.15, 0.2) is 0 Å². The molecule has 1 fully saturated rings. The lowest BCUT2D eigenvalue weighted by Crippen LogP contribution is -2.31. The molecule has 0 aromatic heterocycles. The number of rotatable bonds is 1. The van der Waals surface area contributed by atoms with E-state index in [1.807, 2.05) is 0 Å². The molecule has 0 spiro atoms. The molecule has 0 aliphatic carbocycles. The molecule has 0 amide bonds. The van der Waals surface area contributed by atoms with Crippen LogP contribution in [0.1, 0.15) is 0 Å². The summed E-state index contributed by atoms with van der Waals surface area (Å²) < 4.78 is 0. The molecule has 0 saturated carbocycles. The summed E-state index contributed by atoms with van der Waals surface area (Å²) in [6, 6.07) is -0.491. The molecule has 1 atom stereocenters. The van der Waals surface area contributed by atoms with Crippen LogP contribution in [0.3, 0.4) is 0 Å². The van der Waals surface area contributed by atoms with Crippen LogP contribution in [-0.4, -0.2) is 25.2 Å². The highest BCUT2D eigenvalue weighted by molar-refractivity contribution is 5.73. The lowest BCUT2D eigenvalue weighted by atomic mass is 10.3. The summed E-state index contributed by atoms with van der Waals surface area (Å²) in [6.45, 7) is 1.04. The van der Waals surface area contributed by atoms with E-state index in [2.05, 4.69) is 10.6 Å². The summed E-state index contributed by atoms with van der Waals surface area (Å²) in [7, 11) is 0. The van der Waals surface area contributed by atoms with Gasteiger partial charge in [0.25, 0.3) is 0 Å². The minimum Gasteiger partial charge on any atom is -0.302 e. The molecule has 2 N–H and O–H groups in total. The van der Waals surface area contributed by atoms with Gasteiger partial charge in [0.1, 0.15) is 6.04 Å². The highest BCUT2D eigenvalue weighted by atomic mass is 16.4. The summed E-state index contributed by atoms with van der Waals surface area (Å²) in [4.78, 5) is 9.99. The Hall–Kier alpha value is -0.610. The predicted molar refractivity (Wildman–Crippen MR) is 25.5 cm³/mol. The van der Waals surface area contributed by atoms with E-state index in [1.165, 1.54) is 0 Å². The maximum absolute atomic E-state index is 9.99. The fourth-order valence-electron chi connectivity index (χ4n) is 0.651. The van der Waals surface area contributed by atoms with Crippen LogP contribution in [0.25, 0.3) is 0 Å². The smallest absolute Gasteiger partial charge is 0.302 e. The van der Waals surface area contributed by atoms with E-state index in [0.717, 1.165) is 0 Å². The predicted octanol–water partition coefficient (Wildman–Crippen LogP) is -1.54. The van der Waals surface area contributed by atoms with Crippen LogP contribution < -0.4 is 10.6 Å². The SMILES string of the molecule is [O]C(=O)C1CNCN1. The first kappa shape index (κ1) is 5.53. The van der Waals surface area contributed by atoms with Gasteiger partial charge in [0.2, 0.25) is 0 Å². The van der Waals surface area contributed by atoms with Crippen LogP contribution in [0.2, 0.25) is 0 Å². The quantitative estimate of drug-likeness (QED) is 0.435. The van der Waals surface area contributed by atoms with Crippen LogP contribution in [-0.2, 0) is 9.90 Å². The van der Waals surface area contributed by atoms with Crippen molar-refractivity contribution in [2.75, 3.05) is 13.2 Å². The van der Waals surface area contributed by atoms with E-state index in [-0.39, 0.29) is 0 Å². The second-order valence-electron chi connectivity index (χ2n) is 1.71. The van der Waals surface area contributed by atoms with Crippen molar-refractivity contribution in [1.82, 2.24) is 10.6 Å². The van der Waals surface area contributed by atoms with Crippen molar-refractivity contribution in [3.8, 4) is 0 Å². The Bertz CT molecular complexity index is 98.2. The largest absolute Gasteiger partial charge is 0.373 e. The van der Waals surface area contributed by atoms with Gasteiger partial charge in [0, 0.05) is 13.2 Å². The topological polar surface area (TPSA) is 61.0 Å². The number of hydrogen-bond acceptors (Lipinski definition) is 3. The third kappa shape index (κ3) is 0.962. The molecule has 1 heterocycles. The Morgan fingerprint density at radius 1 is 1.62 bits per heavy atom. The van der Waals surface area contributed by atoms with E-state index in [4.69, 9.17) is 0 Å². The summed E-state index contributed by atoms with van der Waals surface area (Å²) in [6.07, 6.45) is 0. The monoisotopic (exact) mass is 115 g/mol. The van der Waals surface area contributed by atoms with E-state index in [9.17, 15) is 9.90 Å². The zero-order valence-corrected chi connectivity index (χ0v) is 4.31. The number of carbonyl (C=O) groups is 1. The van der Waals surface area contributed by atoms with Crippen molar-refractivity contribution in [3.05, 3.63) is 0 Å². The summed E-state index contributed by atoms with van der Waals surface area (Å²) >= 11 is 0. The van der Waals surface area contributed by atoms with Crippen molar-refractivity contribution < 1.29 is 9.90 Å². The molecule has 0 bridgehead atoms. The first-order chi connectivity index (χ1) is 3.80. The molecular formula is C4H7N2O2. The summed E-state index contributed by atoms with van der Waals surface area (Å²) in [5, 5.41) is 15.5. The molecule has 4 nitrogen and oxygen atoms in total. The van der Waals surface area contributed by atoms with Crippen LogP contribution in [0.5, 0.6) is 0 Å². The number of carbonyl (C=O) groups excluding carboxylic acids is 1. The molecule has 1 aliphatic heterocycles. The third-order valence-corrected chi connectivity index (χ3v) is 1.11. The normalized spacial score (nSPS) is 28.2. The van der Waals surface area contributed by atoms with Crippen molar-refractivity contribution in [2.24, 2.45) is 0 Å². The highest BCUT2D eigenvalue weighted by Crippen LogP contribution is 1.85. The highest BCUT2D eigenvalue weighted by Gasteiger charge is 2.21.